The number of benzene rings is 1. The van der Waals surface area contributed by atoms with Crippen molar-refractivity contribution in [1.29, 1.82) is 0 Å². The molecule has 1 rings (SSSR count). The molecule has 0 aliphatic rings. The van der Waals surface area contributed by atoms with E-state index in [0.717, 1.165) is 25.9 Å². The van der Waals surface area contributed by atoms with Gasteiger partial charge < -0.3 is 5.32 Å². The molecule has 0 saturated carbocycles. The summed E-state index contributed by atoms with van der Waals surface area (Å²) in [4.78, 5) is 0. The molecular formula is C17H27ClFN. The van der Waals surface area contributed by atoms with Gasteiger partial charge >= 0.3 is 0 Å². The highest BCUT2D eigenvalue weighted by molar-refractivity contribution is 6.31. The fourth-order valence-electron chi connectivity index (χ4n) is 2.63. The Morgan fingerprint density at radius 1 is 1.35 bits per heavy atom. The van der Waals surface area contributed by atoms with E-state index in [1.54, 1.807) is 12.1 Å². The van der Waals surface area contributed by atoms with E-state index in [-0.39, 0.29) is 11.2 Å². The third-order valence-corrected chi connectivity index (χ3v) is 3.98. The zero-order valence-corrected chi connectivity index (χ0v) is 13.9. The summed E-state index contributed by atoms with van der Waals surface area (Å²) >= 11 is 6.16. The molecule has 0 bridgehead atoms. The monoisotopic (exact) mass is 299 g/mol. The molecule has 1 aromatic carbocycles. The molecule has 114 valence electrons. The van der Waals surface area contributed by atoms with Gasteiger partial charge in [0.25, 0.3) is 0 Å². The second-order valence-corrected chi connectivity index (χ2v) is 6.87. The minimum atomic E-state index is -0.191. The van der Waals surface area contributed by atoms with Gasteiger partial charge in [0.1, 0.15) is 5.82 Å². The molecular weight excluding hydrogens is 273 g/mol. The Morgan fingerprint density at radius 3 is 2.60 bits per heavy atom. The fourth-order valence-corrected chi connectivity index (χ4v) is 2.86. The Bertz CT molecular complexity index is 399. The molecule has 0 aromatic heterocycles. The smallest absolute Gasteiger partial charge is 0.127 e. The van der Waals surface area contributed by atoms with Crippen LogP contribution in [-0.2, 0) is 6.42 Å². The summed E-state index contributed by atoms with van der Waals surface area (Å²) in [5.41, 5.74) is 0.687. The van der Waals surface area contributed by atoms with Crippen LogP contribution in [0.4, 0.5) is 4.39 Å². The summed E-state index contributed by atoms with van der Waals surface area (Å²) in [5, 5.41) is 4.04. The summed E-state index contributed by atoms with van der Waals surface area (Å²) in [5.74, 6) is 0.432. The van der Waals surface area contributed by atoms with Gasteiger partial charge in [-0.25, -0.2) is 4.39 Å². The highest BCUT2D eigenvalue weighted by atomic mass is 35.5. The second-order valence-electron chi connectivity index (χ2n) is 6.46. The maximum atomic E-state index is 14.0. The first kappa shape index (κ1) is 17.5. The van der Waals surface area contributed by atoms with Crippen LogP contribution in [0.3, 0.4) is 0 Å². The molecule has 1 nitrogen and oxygen atoms in total. The van der Waals surface area contributed by atoms with Gasteiger partial charge in [0.15, 0.2) is 0 Å². The molecule has 0 spiro atoms. The maximum absolute atomic E-state index is 14.0. The largest absolute Gasteiger partial charge is 0.316 e. The van der Waals surface area contributed by atoms with E-state index >= 15 is 0 Å². The van der Waals surface area contributed by atoms with Gasteiger partial charge in [0.05, 0.1) is 0 Å². The summed E-state index contributed by atoms with van der Waals surface area (Å²) < 4.78 is 14.0. The third-order valence-electron chi connectivity index (χ3n) is 3.62. The van der Waals surface area contributed by atoms with E-state index in [2.05, 4.69) is 33.0 Å². The summed E-state index contributed by atoms with van der Waals surface area (Å²) in [6, 6.07) is 4.93. The van der Waals surface area contributed by atoms with E-state index < -0.39 is 0 Å². The average molecular weight is 300 g/mol. The number of rotatable bonds is 8. The predicted molar refractivity (Wildman–Crippen MR) is 85.8 cm³/mol. The van der Waals surface area contributed by atoms with Crippen molar-refractivity contribution in [2.24, 2.45) is 11.3 Å². The highest BCUT2D eigenvalue weighted by Gasteiger charge is 2.26. The molecule has 0 fully saturated rings. The lowest BCUT2D eigenvalue weighted by Crippen LogP contribution is -2.35. The number of nitrogens with one attached hydrogen (secondary N) is 1. The third kappa shape index (κ3) is 5.41. The average Bonchev–Trinajstić information content (AvgIpc) is 2.34. The maximum Gasteiger partial charge on any atom is 0.127 e. The first-order chi connectivity index (χ1) is 9.38. The molecule has 20 heavy (non-hydrogen) atoms. The number of hydrogen-bond donors (Lipinski definition) is 1. The fraction of sp³-hybridized carbons (Fsp3) is 0.647. The molecule has 1 atom stereocenters. The molecule has 1 aromatic rings. The Kier molecular flexibility index (Phi) is 6.97. The van der Waals surface area contributed by atoms with E-state index in [1.165, 1.54) is 6.07 Å². The van der Waals surface area contributed by atoms with E-state index in [0.29, 0.717) is 22.9 Å². The number of hydrogen-bond acceptors (Lipinski definition) is 1. The van der Waals surface area contributed by atoms with Crippen molar-refractivity contribution < 1.29 is 4.39 Å². The highest BCUT2D eigenvalue weighted by Crippen LogP contribution is 2.32. The van der Waals surface area contributed by atoms with Crippen molar-refractivity contribution in [3.05, 3.63) is 34.6 Å². The van der Waals surface area contributed by atoms with Crippen molar-refractivity contribution in [3.63, 3.8) is 0 Å². The minimum Gasteiger partial charge on any atom is -0.316 e. The second kappa shape index (κ2) is 7.99. The molecule has 1 N–H and O–H groups in total. The Morgan fingerprint density at radius 2 is 2.05 bits per heavy atom. The van der Waals surface area contributed by atoms with Crippen molar-refractivity contribution in [2.45, 2.75) is 47.0 Å². The normalized spacial score (nSPS) is 14.6. The standard InChI is InChI=1S/C17H27ClFN/c1-5-9-17(4,12-20-11-13(2)3)10-14-15(18)7-6-8-16(14)19/h6-8,13,20H,5,9-12H2,1-4H3. The van der Waals surface area contributed by atoms with Crippen molar-refractivity contribution in [1.82, 2.24) is 5.32 Å². The van der Waals surface area contributed by atoms with Gasteiger partial charge in [0, 0.05) is 17.1 Å². The lowest BCUT2D eigenvalue weighted by molar-refractivity contribution is 0.268. The number of halogens is 2. The molecule has 0 aliphatic heterocycles. The van der Waals surface area contributed by atoms with Crippen molar-refractivity contribution >= 4 is 11.6 Å². The minimum absolute atomic E-state index is 0.0372. The van der Waals surface area contributed by atoms with Crippen LogP contribution < -0.4 is 5.32 Å². The van der Waals surface area contributed by atoms with Crippen LogP contribution in [0.25, 0.3) is 0 Å². The predicted octanol–water partition coefficient (Wildman–Crippen LogP) is 5.07. The van der Waals surface area contributed by atoms with Crippen molar-refractivity contribution in [2.75, 3.05) is 13.1 Å². The lowest BCUT2D eigenvalue weighted by Gasteiger charge is -2.31. The first-order valence-electron chi connectivity index (χ1n) is 7.51. The van der Waals surface area contributed by atoms with Crippen LogP contribution in [0.2, 0.25) is 5.02 Å². The van der Waals surface area contributed by atoms with Crippen LogP contribution in [0.15, 0.2) is 18.2 Å². The van der Waals surface area contributed by atoms with E-state index in [1.807, 2.05) is 0 Å². The molecule has 3 heteroatoms. The van der Waals surface area contributed by atoms with E-state index in [9.17, 15) is 4.39 Å². The molecule has 0 amide bonds. The van der Waals surface area contributed by atoms with Crippen LogP contribution >= 0.6 is 11.6 Å². The molecule has 0 radical (unpaired) electrons. The lowest BCUT2D eigenvalue weighted by atomic mass is 9.79. The van der Waals surface area contributed by atoms with Gasteiger partial charge in [-0.15, -0.1) is 0 Å². The molecule has 0 aliphatic carbocycles. The van der Waals surface area contributed by atoms with E-state index in [4.69, 9.17) is 11.6 Å². The topological polar surface area (TPSA) is 12.0 Å². The zero-order valence-electron chi connectivity index (χ0n) is 13.1. The van der Waals surface area contributed by atoms with Gasteiger partial charge in [-0.05, 0) is 42.9 Å². The summed E-state index contributed by atoms with van der Waals surface area (Å²) in [7, 11) is 0. The summed E-state index contributed by atoms with van der Waals surface area (Å²) in [6.07, 6.45) is 2.83. The quantitative estimate of drug-likeness (QED) is 0.706. The van der Waals surface area contributed by atoms with Gasteiger partial charge in [-0.3, -0.25) is 0 Å². The van der Waals surface area contributed by atoms with Crippen LogP contribution in [0, 0.1) is 17.2 Å². The Labute approximate surface area is 127 Å². The zero-order chi connectivity index (χ0) is 15.2. The Balaban J connectivity index is 2.79. The summed E-state index contributed by atoms with van der Waals surface area (Å²) in [6.45, 7) is 10.7. The SMILES string of the molecule is CCCC(C)(CNCC(C)C)Cc1c(F)cccc1Cl. The van der Waals surface area contributed by atoms with Gasteiger partial charge in [0.2, 0.25) is 0 Å². The van der Waals surface area contributed by atoms with Crippen LogP contribution in [-0.4, -0.2) is 13.1 Å². The molecule has 0 heterocycles. The molecule has 1 unspecified atom stereocenters. The molecule has 0 saturated heterocycles. The van der Waals surface area contributed by atoms with Gasteiger partial charge in [-0.2, -0.15) is 0 Å². The van der Waals surface area contributed by atoms with Gasteiger partial charge in [-0.1, -0.05) is 51.8 Å². The first-order valence-corrected chi connectivity index (χ1v) is 7.89. The Hall–Kier alpha value is -0.600. The van der Waals surface area contributed by atoms with Crippen LogP contribution in [0.5, 0.6) is 0 Å². The van der Waals surface area contributed by atoms with Crippen LogP contribution in [0.1, 0.15) is 46.1 Å². The van der Waals surface area contributed by atoms with Crippen molar-refractivity contribution in [3.8, 4) is 0 Å².